The molecule has 27 heavy (non-hydrogen) atoms. The van der Waals surface area contributed by atoms with E-state index in [1.54, 1.807) is 0 Å². The van der Waals surface area contributed by atoms with Gasteiger partial charge in [-0.15, -0.1) is 0 Å². The zero-order chi connectivity index (χ0) is 18.5. The lowest BCUT2D eigenvalue weighted by Gasteiger charge is -2.29. The summed E-state index contributed by atoms with van der Waals surface area (Å²) in [6, 6.07) is 17.2. The summed E-state index contributed by atoms with van der Waals surface area (Å²) in [6.45, 7) is 4.01. The number of benzene rings is 3. The minimum Gasteiger partial charge on any atom is -0.371 e. The third-order valence-corrected chi connectivity index (χ3v) is 5.59. The Bertz CT molecular complexity index is 1070. The van der Waals surface area contributed by atoms with E-state index in [0.29, 0.717) is 16.8 Å². The molecule has 2 amide bonds. The molecule has 0 radical (unpaired) electrons. The molecule has 3 aromatic rings. The van der Waals surface area contributed by atoms with Crippen LogP contribution in [0.2, 0.25) is 0 Å². The summed E-state index contributed by atoms with van der Waals surface area (Å²) in [5.41, 5.74) is 3.96. The summed E-state index contributed by atoms with van der Waals surface area (Å²) < 4.78 is 0. The maximum Gasteiger partial charge on any atom is 0.265 e. The van der Waals surface area contributed by atoms with Crippen LogP contribution in [0.25, 0.3) is 10.8 Å². The standard InChI is InChI=1S/C23H20N2O2/c1-15-6-4-7-16(14-15)25-22(26)18-9-5-8-17-20(24-12-2-3-13-24)11-10-19(21(17)18)23(25)27/h4-11,14H,2-3,12-13H2,1H3. The van der Waals surface area contributed by atoms with E-state index < -0.39 is 0 Å². The maximum atomic E-state index is 13.2. The summed E-state index contributed by atoms with van der Waals surface area (Å²) >= 11 is 0. The number of aryl methyl sites for hydroxylation is 1. The summed E-state index contributed by atoms with van der Waals surface area (Å²) in [5, 5.41) is 1.79. The molecule has 2 aliphatic rings. The van der Waals surface area contributed by atoms with Crippen LogP contribution in [0.3, 0.4) is 0 Å². The molecule has 5 rings (SSSR count). The first-order valence-corrected chi connectivity index (χ1v) is 9.41. The highest BCUT2D eigenvalue weighted by Crippen LogP contribution is 2.38. The lowest BCUT2D eigenvalue weighted by atomic mass is 9.92. The third kappa shape index (κ3) is 2.36. The molecule has 4 nitrogen and oxygen atoms in total. The highest BCUT2D eigenvalue weighted by Gasteiger charge is 2.34. The fourth-order valence-electron chi connectivity index (χ4n) is 4.32. The summed E-state index contributed by atoms with van der Waals surface area (Å²) in [4.78, 5) is 30.2. The third-order valence-electron chi connectivity index (χ3n) is 5.59. The molecule has 1 saturated heterocycles. The molecule has 0 spiro atoms. The van der Waals surface area contributed by atoms with Crippen molar-refractivity contribution in [1.29, 1.82) is 0 Å². The number of carbonyl (C=O) groups excluding carboxylic acids is 2. The van der Waals surface area contributed by atoms with Crippen LogP contribution in [-0.2, 0) is 0 Å². The summed E-state index contributed by atoms with van der Waals surface area (Å²) in [5.74, 6) is -0.496. The number of hydrogen-bond donors (Lipinski definition) is 0. The monoisotopic (exact) mass is 356 g/mol. The number of carbonyl (C=O) groups is 2. The van der Waals surface area contributed by atoms with Crippen molar-refractivity contribution >= 4 is 34.0 Å². The number of rotatable bonds is 2. The molecule has 2 aliphatic heterocycles. The second-order valence-corrected chi connectivity index (χ2v) is 7.34. The van der Waals surface area contributed by atoms with Crippen LogP contribution in [0.15, 0.2) is 54.6 Å². The second-order valence-electron chi connectivity index (χ2n) is 7.34. The van der Waals surface area contributed by atoms with Gasteiger partial charge in [0.2, 0.25) is 0 Å². The Hall–Kier alpha value is -3.14. The van der Waals surface area contributed by atoms with Crippen molar-refractivity contribution in [3.63, 3.8) is 0 Å². The number of amides is 2. The Kier molecular flexibility index (Phi) is 3.54. The van der Waals surface area contributed by atoms with Gasteiger partial charge in [-0.1, -0.05) is 24.3 Å². The van der Waals surface area contributed by atoms with E-state index >= 15 is 0 Å². The first-order valence-electron chi connectivity index (χ1n) is 9.41. The van der Waals surface area contributed by atoms with E-state index in [9.17, 15) is 9.59 Å². The van der Waals surface area contributed by atoms with Crippen LogP contribution in [-0.4, -0.2) is 24.9 Å². The zero-order valence-electron chi connectivity index (χ0n) is 15.2. The van der Waals surface area contributed by atoms with E-state index in [1.165, 1.54) is 17.7 Å². The molecule has 0 saturated carbocycles. The minimum atomic E-state index is -0.248. The summed E-state index contributed by atoms with van der Waals surface area (Å²) in [7, 11) is 0. The van der Waals surface area contributed by atoms with E-state index in [2.05, 4.69) is 4.90 Å². The van der Waals surface area contributed by atoms with Gasteiger partial charge in [-0.05, 0) is 55.7 Å². The van der Waals surface area contributed by atoms with Crippen LogP contribution in [0.4, 0.5) is 11.4 Å². The lowest BCUT2D eigenvalue weighted by molar-refractivity contribution is 0.0893. The van der Waals surface area contributed by atoms with Gasteiger partial charge in [0.1, 0.15) is 0 Å². The predicted molar refractivity (Wildman–Crippen MR) is 108 cm³/mol. The number of imide groups is 1. The highest BCUT2D eigenvalue weighted by atomic mass is 16.2. The van der Waals surface area contributed by atoms with E-state index in [0.717, 1.165) is 35.1 Å². The predicted octanol–water partition coefficient (Wildman–Crippen LogP) is 4.55. The van der Waals surface area contributed by atoms with Crippen LogP contribution < -0.4 is 9.80 Å². The van der Waals surface area contributed by atoms with Crippen molar-refractivity contribution in [3.05, 3.63) is 71.3 Å². The quantitative estimate of drug-likeness (QED) is 0.633. The maximum absolute atomic E-state index is 13.2. The van der Waals surface area contributed by atoms with Gasteiger partial charge in [-0.2, -0.15) is 0 Å². The largest absolute Gasteiger partial charge is 0.371 e. The van der Waals surface area contributed by atoms with Gasteiger partial charge in [0.15, 0.2) is 0 Å². The van der Waals surface area contributed by atoms with Crippen molar-refractivity contribution in [2.45, 2.75) is 19.8 Å². The fraction of sp³-hybridized carbons (Fsp3) is 0.217. The van der Waals surface area contributed by atoms with Crippen LogP contribution in [0, 0.1) is 6.92 Å². The topological polar surface area (TPSA) is 40.6 Å². The molecular formula is C23H20N2O2. The van der Waals surface area contributed by atoms with Gasteiger partial charge >= 0.3 is 0 Å². The molecule has 2 heterocycles. The van der Waals surface area contributed by atoms with Crippen molar-refractivity contribution in [2.24, 2.45) is 0 Å². The van der Waals surface area contributed by atoms with Crippen molar-refractivity contribution < 1.29 is 9.59 Å². The molecule has 134 valence electrons. The molecule has 0 bridgehead atoms. The Morgan fingerprint density at radius 2 is 1.52 bits per heavy atom. The molecular weight excluding hydrogens is 336 g/mol. The normalized spacial score (nSPS) is 16.5. The fourth-order valence-corrected chi connectivity index (χ4v) is 4.32. The first kappa shape index (κ1) is 16.1. The molecule has 1 fully saturated rings. The average Bonchev–Trinajstić information content (AvgIpc) is 3.20. The van der Waals surface area contributed by atoms with Gasteiger partial charge in [-0.3, -0.25) is 9.59 Å². The number of nitrogens with zero attached hydrogens (tertiary/aromatic N) is 2. The Morgan fingerprint density at radius 3 is 2.26 bits per heavy atom. The Labute approximate surface area is 158 Å². The zero-order valence-corrected chi connectivity index (χ0v) is 15.2. The van der Waals surface area contributed by atoms with Crippen LogP contribution >= 0.6 is 0 Å². The molecule has 3 aromatic carbocycles. The average molecular weight is 356 g/mol. The smallest absolute Gasteiger partial charge is 0.265 e. The van der Waals surface area contributed by atoms with Gasteiger partial charge < -0.3 is 4.90 Å². The van der Waals surface area contributed by atoms with Gasteiger partial charge in [-0.25, -0.2) is 4.90 Å². The van der Waals surface area contributed by atoms with E-state index in [-0.39, 0.29) is 11.8 Å². The lowest BCUT2D eigenvalue weighted by Crippen LogP contribution is -2.40. The Morgan fingerprint density at radius 1 is 0.815 bits per heavy atom. The molecule has 0 aromatic heterocycles. The van der Waals surface area contributed by atoms with Crippen molar-refractivity contribution in [2.75, 3.05) is 22.9 Å². The summed E-state index contributed by atoms with van der Waals surface area (Å²) in [6.07, 6.45) is 2.36. The van der Waals surface area contributed by atoms with Gasteiger partial charge in [0, 0.05) is 40.7 Å². The van der Waals surface area contributed by atoms with Crippen molar-refractivity contribution in [1.82, 2.24) is 0 Å². The van der Waals surface area contributed by atoms with Crippen LogP contribution in [0.5, 0.6) is 0 Å². The van der Waals surface area contributed by atoms with Gasteiger partial charge in [0.25, 0.3) is 11.8 Å². The molecule has 0 atom stereocenters. The number of anilines is 2. The SMILES string of the molecule is Cc1cccc(N2C(=O)c3cccc4c(N5CCCC5)ccc(c34)C2=O)c1. The molecule has 0 N–H and O–H groups in total. The molecule has 0 aliphatic carbocycles. The first-order chi connectivity index (χ1) is 13.1. The van der Waals surface area contributed by atoms with Crippen molar-refractivity contribution in [3.8, 4) is 0 Å². The molecule has 0 unspecified atom stereocenters. The second kappa shape index (κ2) is 5.95. The van der Waals surface area contributed by atoms with Gasteiger partial charge in [0.05, 0.1) is 5.69 Å². The minimum absolute atomic E-state index is 0.248. The van der Waals surface area contributed by atoms with E-state index in [1.807, 2.05) is 61.5 Å². The Balaban J connectivity index is 1.72. The number of hydrogen-bond acceptors (Lipinski definition) is 3. The van der Waals surface area contributed by atoms with E-state index in [4.69, 9.17) is 0 Å². The highest BCUT2D eigenvalue weighted by molar-refractivity contribution is 6.36. The molecule has 4 heteroatoms. The van der Waals surface area contributed by atoms with Crippen LogP contribution in [0.1, 0.15) is 39.1 Å².